The van der Waals surface area contributed by atoms with Gasteiger partial charge in [-0.05, 0) is 68.5 Å². The van der Waals surface area contributed by atoms with E-state index in [1.165, 1.54) is 25.7 Å². The summed E-state index contributed by atoms with van der Waals surface area (Å²) < 4.78 is 0. The molecule has 0 bridgehead atoms. The quantitative estimate of drug-likeness (QED) is 0.567. The van der Waals surface area contributed by atoms with Crippen molar-refractivity contribution in [1.82, 2.24) is 5.32 Å². The molecule has 2 fully saturated rings. The summed E-state index contributed by atoms with van der Waals surface area (Å²) in [5.41, 5.74) is 5.03. The number of amides is 4. The van der Waals surface area contributed by atoms with Gasteiger partial charge in [0.15, 0.2) is 0 Å². The van der Waals surface area contributed by atoms with E-state index in [0.29, 0.717) is 5.69 Å². The van der Waals surface area contributed by atoms with Gasteiger partial charge in [0.1, 0.15) is 5.57 Å². The van der Waals surface area contributed by atoms with Crippen molar-refractivity contribution in [3.8, 4) is 0 Å². The van der Waals surface area contributed by atoms with Crippen LogP contribution in [0.25, 0.3) is 6.08 Å². The summed E-state index contributed by atoms with van der Waals surface area (Å²) in [6.45, 7) is 7.78. The zero-order chi connectivity index (χ0) is 22.8. The fourth-order valence-corrected chi connectivity index (χ4v) is 4.66. The number of rotatable bonds is 3. The number of urea groups is 1. The lowest BCUT2D eigenvalue weighted by Gasteiger charge is -2.29. The molecule has 0 aliphatic carbocycles. The van der Waals surface area contributed by atoms with Crippen molar-refractivity contribution >= 4 is 35.3 Å². The van der Waals surface area contributed by atoms with Gasteiger partial charge < -0.3 is 4.90 Å². The van der Waals surface area contributed by atoms with E-state index in [4.69, 9.17) is 0 Å². The lowest BCUT2D eigenvalue weighted by molar-refractivity contribution is -0.122. The number of hydrogen-bond acceptors (Lipinski definition) is 4. The highest BCUT2D eigenvalue weighted by atomic mass is 16.2. The number of anilines is 2. The highest BCUT2D eigenvalue weighted by Crippen LogP contribution is 2.30. The minimum absolute atomic E-state index is 0.0495. The van der Waals surface area contributed by atoms with Crippen molar-refractivity contribution < 1.29 is 14.4 Å². The molecule has 0 saturated carbocycles. The van der Waals surface area contributed by atoms with E-state index in [0.717, 1.165) is 45.9 Å². The number of nitrogens with zero attached hydrogens (tertiary/aromatic N) is 2. The molecule has 6 heteroatoms. The molecular formula is C26H29N3O3. The van der Waals surface area contributed by atoms with Gasteiger partial charge in [-0.3, -0.25) is 14.9 Å². The Morgan fingerprint density at radius 1 is 0.844 bits per heavy atom. The van der Waals surface area contributed by atoms with Crippen LogP contribution < -0.4 is 15.1 Å². The molecule has 2 aliphatic rings. The molecule has 0 spiro atoms. The van der Waals surface area contributed by atoms with Crippen LogP contribution in [0, 0.1) is 20.8 Å². The maximum Gasteiger partial charge on any atom is 0.335 e. The number of imide groups is 2. The van der Waals surface area contributed by atoms with Crippen molar-refractivity contribution in [2.24, 2.45) is 0 Å². The summed E-state index contributed by atoms with van der Waals surface area (Å²) in [5, 5.41) is 2.32. The van der Waals surface area contributed by atoms with E-state index in [9.17, 15) is 14.4 Å². The minimum atomic E-state index is -0.719. The maximum absolute atomic E-state index is 13.3. The number of barbiturate groups is 1. The number of carbonyl (C=O) groups excluding carboxylic acids is 3. The van der Waals surface area contributed by atoms with Crippen molar-refractivity contribution in [2.75, 3.05) is 22.9 Å². The Kier molecular flexibility index (Phi) is 6.12. The number of benzene rings is 2. The fourth-order valence-electron chi connectivity index (χ4n) is 4.66. The molecule has 2 aromatic carbocycles. The van der Waals surface area contributed by atoms with Gasteiger partial charge >= 0.3 is 6.03 Å². The highest BCUT2D eigenvalue weighted by molar-refractivity contribution is 6.39. The normalized spacial score (nSPS) is 18.7. The third kappa shape index (κ3) is 4.31. The van der Waals surface area contributed by atoms with Crippen LogP contribution in [0.15, 0.2) is 42.0 Å². The summed E-state index contributed by atoms with van der Waals surface area (Å²) >= 11 is 0. The summed E-state index contributed by atoms with van der Waals surface area (Å²) in [7, 11) is 0. The first-order valence-electron chi connectivity index (χ1n) is 11.2. The molecule has 2 saturated heterocycles. The van der Waals surface area contributed by atoms with Gasteiger partial charge in [0, 0.05) is 18.8 Å². The average molecular weight is 432 g/mol. The predicted octanol–water partition coefficient (Wildman–Crippen LogP) is 4.66. The molecule has 2 heterocycles. The Bertz CT molecular complexity index is 1070. The second kappa shape index (κ2) is 8.99. The third-order valence-corrected chi connectivity index (χ3v) is 6.14. The molecule has 0 atom stereocenters. The summed E-state index contributed by atoms with van der Waals surface area (Å²) in [5.74, 6) is -1.28. The van der Waals surface area contributed by atoms with E-state index in [2.05, 4.69) is 10.2 Å². The van der Waals surface area contributed by atoms with Crippen LogP contribution in [-0.4, -0.2) is 30.9 Å². The highest BCUT2D eigenvalue weighted by Gasteiger charge is 2.38. The zero-order valence-electron chi connectivity index (χ0n) is 18.9. The molecule has 0 radical (unpaired) electrons. The predicted molar refractivity (Wildman–Crippen MR) is 127 cm³/mol. The van der Waals surface area contributed by atoms with Crippen LogP contribution in [0.2, 0.25) is 0 Å². The second-order valence-corrected chi connectivity index (χ2v) is 8.70. The third-order valence-electron chi connectivity index (χ3n) is 6.14. The molecule has 2 aliphatic heterocycles. The Balaban J connectivity index is 1.63. The van der Waals surface area contributed by atoms with Crippen LogP contribution in [0.4, 0.5) is 16.2 Å². The number of hydrogen-bond donors (Lipinski definition) is 1. The molecule has 166 valence electrons. The molecule has 0 aromatic heterocycles. The SMILES string of the molecule is Cc1cc(C)c(N2C(=O)NC(=O)/C(=C/c3ccc(N4CCCCCC4)cc3)C2=O)c(C)c1. The Labute approximate surface area is 188 Å². The lowest BCUT2D eigenvalue weighted by Crippen LogP contribution is -2.54. The molecule has 6 nitrogen and oxygen atoms in total. The Hall–Kier alpha value is -3.41. The fraction of sp³-hybridized carbons (Fsp3) is 0.346. The zero-order valence-corrected chi connectivity index (χ0v) is 18.9. The Morgan fingerprint density at radius 3 is 2.03 bits per heavy atom. The van der Waals surface area contributed by atoms with Crippen LogP contribution in [0.5, 0.6) is 0 Å². The van der Waals surface area contributed by atoms with E-state index in [1.54, 1.807) is 6.08 Å². The molecule has 32 heavy (non-hydrogen) atoms. The van der Waals surface area contributed by atoms with Gasteiger partial charge in [-0.1, -0.05) is 42.7 Å². The topological polar surface area (TPSA) is 69.7 Å². The van der Waals surface area contributed by atoms with Gasteiger partial charge in [0.05, 0.1) is 5.69 Å². The summed E-state index contributed by atoms with van der Waals surface area (Å²) in [6, 6.07) is 11.0. The van der Waals surface area contributed by atoms with E-state index in [1.807, 2.05) is 57.2 Å². The first kappa shape index (κ1) is 21.8. The molecule has 4 amide bonds. The smallest absolute Gasteiger partial charge is 0.335 e. The first-order chi connectivity index (χ1) is 15.3. The van der Waals surface area contributed by atoms with Crippen molar-refractivity contribution in [2.45, 2.75) is 46.5 Å². The number of carbonyl (C=O) groups is 3. The standard InChI is InChI=1S/C26H29N3O3/c1-17-14-18(2)23(19(3)15-17)29-25(31)22(24(30)27-26(29)32)16-20-8-10-21(11-9-20)28-12-6-4-5-7-13-28/h8-11,14-16H,4-7,12-13H2,1-3H3,(H,27,30,32)/b22-16-. The lowest BCUT2D eigenvalue weighted by atomic mass is 10.0. The molecular weight excluding hydrogens is 402 g/mol. The van der Waals surface area contributed by atoms with Crippen molar-refractivity contribution in [3.05, 3.63) is 64.2 Å². The van der Waals surface area contributed by atoms with Crippen LogP contribution in [0.1, 0.15) is 47.9 Å². The van der Waals surface area contributed by atoms with Crippen LogP contribution >= 0.6 is 0 Å². The number of aryl methyl sites for hydroxylation is 3. The van der Waals surface area contributed by atoms with Gasteiger partial charge in [-0.2, -0.15) is 0 Å². The van der Waals surface area contributed by atoms with Gasteiger partial charge in [-0.15, -0.1) is 0 Å². The van der Waals surface area contributed by atoms with E-state index >= 15 is 0 Å². The summed E-state index contributed by atoms with van der Waals surface area (Å²) in [4.78, 5) is 41.8. The molecule has 2 aromatic rings. The molecule has 1 N–H and O–H groups in total. The second-order valence-electron chi connectivity index (χ2n) is 8.70. The average Bonchev–Trinajstić information content (AvgIpc) is 3.03. The van der Waals surface area contributed by atoms with Gasteiger partial charge in [-0.25, -0.2) is 9.69 Å². The van der Waals surface area contributed by atoms with Crippen LogP contribution in [-0.2, 0) is 9.59 Å². The van der Waals surface area contributed by atoms with Crippen molar-refractivity contribution in [1.29, 1.82) is 0 Å². The maximum atomic E-state index is 13.3. The first-order valence-corrected chi connectivity index (χ1v) is 11.2. The van der Waals surface area contributed by atoms with E-state index < -0.39 is 17.8 Å². The molecule has 4 rings (SSSR count). The van der Waals surface area contributed by atoms with Crippen LogP contribution in [0.3, 0.4) is 0 Å². The van der Waals surface area contributed by atoms with Gasteiger partial charge in [0.2, 0.25) is 0 Å². The van der Waals surface area contributed by atoms with Crippen molar-refractivity contribution in [3.63, 3.8) is 0 Å². The summed E-state index contributed by atoms with van der Waals surface area (Å²) in [6.07, 6.45) is 6.49. The molecule has 0 unspecified atom stereocenters. The number of nitrogens with one attached hydrogen (secondary N) is 1. The minimum Gasteiger partial charge on any atom is -0.372 e. The van der Waals surface area contributed by atoms with E-state index in [-0.39, 0.29) is 5.57 Å². The van der Waals surface area contributed by atoms with Gasteiger partial charge in [0.25, 0.3) is 11.8 Å². The largest absolute Gasteiger partial charge is 0.372 e. The Morgan fingerprint density at radius 2 is 1.44 bits per heavy atom. The monoisotopic (exact) mass is 431 g/mol.